The normalized spacial score (nSPS) is 14.8. The first-order chi connectivity index (χ1) is 12.6. The Hall–Kier alpha value is -2.60. The van der Waals surface area contributed by atoms with Crippen LogP contribution in [0.1, 0.15) is 18.4 Å². The molecule has 6 heteroatoms. The standard InChI is InChI=1S/C20H23FN2O3/c21-18-4-1-15(2-5-18)16-3-6-19(22)17(11-16)12-23-20(24)26-13-14-7-9-25-10-8-14/h1-6,11,14H,7-10,12-13,22H2,(H,23,24). The summed E-state index contributed by atoms with van der Waals surface area (Å²) in [5.74, 6) is 0.0831. The molecule has 1 saturated heterocycles. The molecule has 0 spiro atoms. The van der Waals surface area contributed by atoms with Crippen LogP contribution in [-0.4, -0.2) is 25.9 Å². The average molecular weight is 358 g/mol. The lowest BCUT2D eigenvalue weighted by atomic mass is 10.0. The van der Waals surface area contributed by atoms with E-state index in [9.17, 15) is 9.18 Å². The van der Waals surface area contributed by atoms with Crippen molar-refractivity contribution >= 4 is 11.8 Å². The zero-order valence-corrected chi connectivity index (χ0v) is 14.5. The molecule has 5 nitrogen and oxygen atoms in total. The Morgan fingerprint density at radius 2 is 1.85 bits per heavy atom. The highest BCUT2D eigenvalue weighted by atomic mass is 19.1. The summed E-state index contributed by atoms with van der Waals surface area (Å²) in [5, 5.41) is 2.73. The maximum atomic E-state index is 13.1. The fraction of sp³-hybridized carbons (Fsp3) is 0.350. The highest BCUT2D eigenvalue weighted by Gasteiger charge is 2.16. The van der Waals surface area contributed by atoms with Gasteiger partial charge in [-0.2, -0.15) is 0 Å². The Kier molecular flexibility index (Phi) is 6.07. The van der Waals surface area contributed by atoms with E-state index in [-0.39, 0.29) is 12.4 Å². The summed E-state index contributed by atoms with van der Waals surface area (Å²) in [7, 11) is 0. The van der Waals surface area contributed by atoms with Crippen LogP contribution >= 0.6 is 0 Å². The van der Waals surface area contributed by atoms with E-state index < -0.39 is 6.09 Å². The number of carbonyl (C=O) groups excluding carboxylic acids is 1. The Labute approximate surface area is 152 Å². The van der Waals surface area contributed by atoms with Gasteiger partial charge in [-0.1, -0.05) is 18.2 Å². The molecule has 1 fully saturated rings. The molecular weight excluding hydrogens is 335 g/mol. The minimum atomic E-state index is -0.455. The molecule has 0 bridgehead atoms. The van der Waals surface area contributed by atoms with Crippen LogP contribution in [0, 0.1) is 11.7 Å². The zero-order chi connectivity index (χ0) is 18.4. The predicted molar refractivity (Wildman–Crippen MR) is 98.0 cm³/mol. The number of nitrogens with one attached hydrogen (secondary N) is 1. The van der Waals surface area contributed by atoms with E-state index in [1.54, 1.807) is 18.2 Å². The molecule has 3 rings (SSSR count). The Morgan fingerprint density at radius 3 is 2.58 bits per heavy atom. The number of rotatable bonds is 5. The van der Waals surface area contributed by atoms with Crippen LogP contribution in [0.3, 0.4) is 0 Å². The fourth-order valence-electron chi connectivity index (χ4n) is 2.91. The fourth-order valence-corrected chi connectivity index (χ4v) is 2.91. The van der Waals surface area contributed by atoms with Gasteiger partial charge in [0, 0.05) is 25.4 Å². The van der Waals surface area contributed by atoms with Gasteiger partial charge in [-0.05, 0) is 59.7 Å². The van der Waals surface area contributed by atoms with Crippen molar-refractivity contribution in [2.24, 2.45) is 5.92 Å². The Balaban J connectivity index is 1.56. The Bertz CT molecular complexity index is 743. The van der Waals surface area contributed by atoms with Crippen molar-refractivity contribution in [2.75, 3.05) is 25.6 Å². The van der Waals surface area contributed by atoms with Gasteiger partial charge >= 0.3 is 6.09 Å². The van der Waals surface area contributed by atoms with Crippen LogP contribution in [0.25, 0.3) is 11.1 Å². The quantitative estimate of drug-likeness (QED) is 0.799. The lowest BCUT2D eigenvalue weighted by Crippen LogP contribution is -2.28. The second-order valence-corrected chi connectivity index (χ2v) is 6.43. The zero-order valence-electron chi connectivity index (χ0n) is 14.5. The van der Waals surface area contributed by atoms with Crippen LogP contribution < -0.4 is 11.1 Å². The molecule has 0 aromatic heterocycles. The molecule has 0 saturated carbocycles. The van der Waals surface area contributed by atoms with E-state index in [1.165, 1.54) is 12.1 Å². The number of hydrogen-bond acceptors (Lipinski definition) is 4. The third-order valence-corrected chi connectivity index (χ3v) is 4.53. The van der Waals surface area contributed by atoms with E-state index in [4.69, 9.17) is 15.2 Å². The number of halogens is 1. The summed E-state index contributed by atoms with van der Waals surface area (Å²) in [5.41, 5.74) is 9.17. The van der Waals surface area contributed by atoms with Gasteiger partial charge in [0.1, 0.15) is 5.82 Å². The smallest absolute Gasteiger partial charge is 0.407 e. The maximum Gasteiger partial charge on any atom is 0.407 e. The third kappa shape index (κ3) is 4.95. The van der Waals surface area contributed by atoms with Crippen molar-refractivity contribution in [3.05, 3.63) is 53.8 Å². The molecule has 138 valence electrons. The van der Waals surface area contributed by atoms with Gasteiger partial charge in [0.25, 0.3) is 0 Å². The van der Waals surface area contributed by atoms with Crippen molar-refractivity contribution in [2.45, 2.75) is 19.4 Å². The van der Waals surface area contributed by atoms with Crippen molar-refractivity contribution in [1.29, 1.82) is 0 Å². The summed E-state index contributed by atoms with van der Waals surface area (Å²) in [6.07, 6.45) is 1.38. The molecule has 26 heavy (non-hydrogen) atoms. The molecule has 1 aliphatic rings. The van der Waals surface area contributed by atoms with Crippen LogP contribution in [0.15, 0.2) is 42.5 Å². The highest BCUT2D eigenvalue weighted by Crippen LogP contribution is 2.24. The SMILES string of the molecule is Nc1ccc(-c2ccc(F)cc2)cc1CNC(=O)OCC1CCOCC1. The monoisotopic (exact) mass is 358 g/mol. The van der Waals surface area contributed by atoms with Crippen molar-refractivity contribution < 1.29 is 18.7 Å². The highest BCUT2D eigenvalue weighted by molar-refractivity contribution is 5.70. The molecule has 0 radical (unpaired) electrons. The van der Waals surface area contributed by atoms with Crippen LogP contribution in [0.5, 0.6) is 0 Å². The van der Waals surface area contributed by atoms with Crippen LogP contribution in [0.2, 0.25) is 0 Å². The minimum absolute atomic E-state index is 0.271. The first-order valence-corrected chi connectivity index (χ1v) is 8.74. The van der Waals surface area contributed by atoms with Gasteiger partial charge in [0.05, 0.1) is 6.61 Å². The van der Waals surface area contributed by atoms with Gasteiger partial charge < -0.3 is 20.5 Å². The maximum absolute atomic E-state index is 13.1. The molecule has 2 aromatic rings. The number of amides is 1. The molecule has 3 N–H and O–H groups in total. The van der Waals surface area contributed by atoms with E-state index in [0.29, 0.717) is 18.2 Å². The number of nitrogen functional groups attached to an aromatic ring is 1. The third-order valence-electron chi connectivity index (χ3n) is 4.53. The van der Waals surface area contributed by atoms with Crippen LogP contribution in [0.4, 0.5) is 14.9 Å². The van der Waals surface area contributed by atoms with Gasteiger partial charge in [0.2, 0.25) is 0 Å². The first-order valence-electron chi connectivity index (χ1n) is 8.74. The van der Waals surface area contributed by atoms with Crippen molar-refractivity contribution in [3.63, 3.8) is 0 Å². The molecule has 2 aromatic carbocycles. The second-order valence-electron chi connectivity index (χ2n) is 6.43. The summed E-state index contributed by atoms with van der Waals surface area (Å²) >= 11 is 0. The molecule has 0 atom stereocenters. The molecule has 1 aliphatic heterocycles. The number of carbonyl (C=O) groups is 1. The largest absolute Gasteiger partial charge is 0.449 e. The Morgan fingerprint density at radius 1 is 1.15 bits per heavy atom. The van der Waals surface area contributed by atoms with Crippen LogP contribution in [-0.2, 0) is 16.0 Å². The van der Waals surface area contributed by atoms with Crippen molar-refractivity contribution in [3.8, 4) is 11.1 Å². The summed E-state index contributed by atoms with van der Waals surface area (Å²) in [6.45, 7) is 2.12. The minimum Gasteiger partial charge on any atom is -0.449 e. The first kappa shape index (κ1) is 18.2. The lowest BCUT2D eigenvalue weighted by molar-refractivity contribution is 0.0379. The number of hydrogen-bond donors (Lipinski definition) is 2. The number of ether oxygens (including phenoxy) is 2. The second kappa shape index (κ2) is 8.67. The molecule has 1 amide bonds. The number of anilines is 1. The molecular formula is C20H23FN2O3. The van der Waals surface area contributed by atoms with E-state index in [2.05, 4.69) is 5.32 Å². The number of nitrogens with two attached hydrogens (primary N) is 1. The molecule has 1 heterocycles. The summed E-state index contributed by atoms with van der Waals surface area (Å²) in [4.78, 5) is 11.9. The van der Waals surface area contributed by atoms with Gasteiger partial charge in [-0.15, -0.1) is 0 Å². The van der Waals surface area contributed by atoms with Gasteiger partial charge in [-0.25, -0.2) is 9.18 Å². The van der Waals surface area contributed by atoms with E-state index in [0.717, 1.165) is 42.7 Å². The van der Waals surface area contributed by atoms with Gasteiger partial charge in [-0.3, -0.25) is 0 Å². The summed E-state index contributed by atoms with van der Waals surface area (Å²) in [6, 6.07) is 11.8. The van der Waals surface area contributed by atoms with Gasteiger partial charge in [0.15, 0.2) is 0 Å². The molecule has 0 aliphatic carbocycles. The average Bonchev–Trinajstić information content (AvgIpc) is 2.67. The van der Waals surface area contributed by atoms with Crippen molar-refractivity contribution in [1.82, 2.24) is 5.32 Å². The van der Waals surface area contributed by atoms with E-state index in [1.807, 2.05) is 12.1 Å². The number of benzene rings is 2. The number of alkyl carbamates (subject to hydrolysis) is 1. The lowest BCUT2D eigenvalue weighted by Gasteiger charge is -2.21. The van der Waals surface area contributed by atoms with E-state index >= 15 is 0 Å². The summed E-state index contributed by atoms with van der Waals surface area (Å²) < 4.78 is 23.6. The molecule has 0 unspecified atom stereocenters. The topological polar surface area (TPSA) is 73.6 Å². The predicted octanol–water partition coefficient (Wildman–Crippen LogP) is 3.73.